The topological polar surface area (TPSA) is 84.9 Å². The summed E-state index contributed by atoms with van der Waals surface area (Å²) in [6, 6.07) is 2.20. The van der Waals surface area contributed by atoms with Crippen LogP contribution in [0, 0.1) is 6.92 Å². The molecule has 6 heteroatoms. The average Bonchev–Trinajstić information content (AvgIpc) is 2.44. The lowest BCUT2D eigenvalue weighted by atomic mass is 10.1. The Balaban J connectivity index is 3.07. The number of hydrogen-bond acceptors (Lipinski definition) is 4. The summed E-state index contributed by atoms with van der Waals surface area (Å²) in [4.78, 5) is 23.0. The normalized spacial score (nSPS) is 11.6. The van der Waals surface area contributed by atoms with Crippen LogP contribution in [0.4, 0.5) is 0 Å². The molecule has 1 aromatic rings. The summed E-state index contributed by atoms with van der Waals surface area (Å²) < 4.78 is 10.4. The van der Waals surface area contributed by atoms with Gasteiger partial charge in [-0.25, -0.2) is 4.79 Å². The van der Waals surface area contributed by atoms with Gasteiger partial charge in [-0.3, -0.25) is 4.79 Å². The number of ether oxygens (including phenoxy) is 2. The van der Waals surface area contributed by atoms with Crippen LogP contribution < -0.4 is 14.8 Å². The number of methoxy groups -OCH3 is 2. The van der Waals surface area contributed by atoms with Crippen LogP contribution in [0.25, 0.3) is 0 Å². The van der Waals surface area contributed by atoms with Crippen LogP contribution in [0.2, 0.25) is 0 Å². The summed E-state index contributed by atoms with van der Waals surface area (Å²) in [6.45, 7) is 3.50. The molecular weight excluding hydrogens is 262 g/mol. The standard InChI is InChI=1S/C14H19NO5/c1-5-10(14(17)18)15-13(16)9-6-11(19-3)8(2)12(7-9)20-4/h6-7,10H,5H2,1-4H3,(H,15,16)(H,17,18)/t10-/m0/s1. The molecule has 1 amide bonds. The van der Waals surface area contributed by atoms with Gasteiger partial charge in [-0.15, -0.1) is 0 Å². The number of nitrogens with one attached hydrogen (secondary N) is 1. The molecule has 1 rings (SSSR count). The molecule has 0 aliphatic heterocycles. The third-order valence-corrected chi connectivity index (χ3v) is 3.03. The fraction of sp³-hybridized carbons (Fsp3) is 0.429. The largest absolute Gasteiger partial charge is 0.496 e. The highest BCUT2D eigenvalue weighted by molar-refractivity contribution is 5.97. The molecule has 0 radical (unpaired) electrons. The summed E-state index contributed by atoms with van der Waals surface area (Å²) in [7, 11) is 2.99. The van der Waals surface area contributed by atoms with Gasteiger partial charge in [0, 0.05) is 11.1 Å². The lowest BCUT2D eigenvalue weighted by Crippen LogP contribution is -2.40. The fourth-order valence-corrected chi connectivity index (χ4v) is 1.80. The highest BCUT2D eigenvalue weighted by atomic mass is 16.5. The van der Waals surface area contributed by atoms with Crippen molar-refractivity contribution in [3.8, 4) is 11.5 Å². The Kier molecular flexibility index (Phi) is 5.37. The van der Waals surface area contributed by atoms with E-state index >= 15 is 0 Å². The first-order chi connectivity index (χ1) is 9.44. The van der Waals surface area contributed by atoms with Gasteiger partial charge >= 0.3 is 5.97 Å². The van der Waals surface area contributed by atoms with Gasteiger partial charge in [-0.05, 0) is 25.5 Å². The van der Waals surface area contributed by atoms with Crippen LogP contribution in [0.1, 0.15) is 29.3 Å². The van der Waals surface area contributed by atoms with Crippen LogP contribution >= 0.6 is 0 Å². The fourth-order valence-electron chi connectivity index (χ4n) is 1.80. The Morgan fingerprint density at radius 1 is 1.25 bits per heavy atom. The summed E-state index contributed by atoms with van der Waals surface area (Å²) >= 11 is 0. The Labute approximate surface area is 117 Å². The summed E-state index contributed by atoms with van der Waals surface area (Å²) in [5.74, 6) is -0.515. The molecule has 1 aromatic carbocycles. The maximum absolute atomic E-state index is 12.1. The van der Waals surface area contributed by atoms with E-state index in [1.54, 1.807) is 19.1 Å². The van der Waals surface area contributed by atoms with Gasteiger partial charge in [0.05, 0.1) is 14.2 Å². The second kappa shape index (κ2) is 6.79. The highest BCUT2D eigenvalue weighted by Gasteiger charge is 2.20. The second-order valence-corrected chi connectivity index (χ2v) is 4.28. The first kappa shape index (κ1) is 15.8. The molecule has 2 N–H and O–H groups in total. The third-order valence-electron chi connectivity index (χ3n) is 3.03. The molecular formula is C14H19NO5. The van der Waals surface area contributed by atoms with Gasteiger partial charge < -0.3 is 19.9 Å². The van der Waals surface area contributed by atoms with Crippen LogP contribution in [0.15, 0.2) is 12.1 Å². The van der Waals surface area contributed by atoms with Crippen LogP contribution in [0.5, 0.6) is 11.5 Å². The van der Waals surface area contributed by atoms with Gasteiger partial charge in [0.25, 0.3) is 5.91 Å². The summed E-state index contributed by atoms with van der Waals surface area (Å²) in [5.41, 5.74) is 1.07. The van der Waals surface area contributed by atoms with Crippen molar-refractivity contribution in [3.05, 3.63) is 23.3 Å². The molecule has 0 aliphatic carbocycles. The molecule has 0 bridgehead atoms. The zero-order valence-corrected chi connectivity index (χ0v) is 12.0. The van der Waals surface area contributed by atoms with Crippen LogP contribution in [0.3, 0.4) is 0 Å². The molecule has 0 aromatic heterocycles. The SMILES string of the molecule is CC[C@H](NC(=O)c1cc(OC)c(C)c(OC)c1)C(=O)O. The number of carboxylic acid groups (broad SMARTS) is 1. The van der Waals surface area contributed by atoms with E-state index < -0.39 is 17.9 Å². The van der Waals surface area contributed by atoms with E-state index in [0.29, 0.717) is 23.5 Å². The minimum atomic E-state index is -1.06. The van der Waals surface area contributed by atoms with Crippen molar-refractivity contribution in [3.63, 3.8) is 0 Å². The van der Waals surface area contributed by atoms with Gasteiger partial charge in [0.1, 0.15) is 17.5 Å². The maximum atomic E-state index is 12.1. The van der Waals surface area contributed by atoms with E-state index in [1.165, 1.54) is 14.2 Å². The van der Waals surface area contributed by atoms with Gasteiger partial charge in [0.15, 0.2) is 0 Å². The maximum Gasteiger partial charge on any atom is 0.326 e. The van der Waals surface area contributed by atoms with Crippen molar-refractivity contribution >= 4 is 11.9 Å². The van der Waals surface area contributed by atoms with E-state index in [9.17, 15) is 9.59 Å². The van der Waals surface area contributed by atoms with Crippen molar-refractivity contribution < 1.29 is 24.2 Å². The number of carboxylic acids is 1. The Morgan fingerprint density at radius 3 is 2.10 bits per heavy atom. The molecule has 0 spiro atoms. The van der Waals surface area contributed by atoms with Crippen LogP contribution in [-0.2, 0) is 4.79 Å². The second-order valence-electron chi connectivity index (χ2n) is 4.28. The number of amides is 1. The predicted octanol–water partition coefficient (Wildman–Crippen LogP) is 1.61. The number of rotatable bonds is 6. The first-order valence-corrected chi connectivity index (χ1v) is 6.20. The van der Waals surface area contributed by atoms with Gasteiger partial charge in [-0.1, -0.05) is 6.92 Å². The monoisotopic (exact) mass is 281 g/mol. The molecule has 0 unspecified atom stereocenters. The predicted molar refractivity (Wildman–Crippen MR) is 73.5 cm³/mol. The molecule has 6 nitrogen and oxygen atoms in total. The van der Waals surface area contributed by atoms with Crippen molar-refractivity contribution in [1.29, 1.82) is 0 Å². The van der Waals surface area contributed by atoms with Gasteiger partial charge in [0.2, 0.25) is 0 Å². The quantitative estimate of drug-likeness (QED) is 0.827. The number of hydrogen-bond donors (Lipinski definition) is 2. The Morgan fingerprint density at radius 2 is 1.75 bits per heavy atom. The smallest absolute Gasteiger partial charge is 0.326 e. The average molecular weight is 281 g/mol. The minimum Gasteiger partial charge on any atom is -0.496 e. The number of benzene rings is 1. The van der Waals surface area contributed by atoms with Crippen molar-refractivity contribution in [2.45, 2.75) is 26.3 Å². The van der Waals surface area contributed by atoms with E-state index in [0.717, 1.165) is 5.56 Å². The highest BCUT2D eigenvalue weighted by Crippen LogP contribution is 2.29. The first-order valence-electron chi connectivity index (χ1n) is 6.20. The van der Waals surface area contributed by atoms with E-state index in [2.05, 4.69) is 5.32 Å². The minimum absolute atomic E-state index is 0.295. The summed E-state index contributed by atoms with van der Waals surface area (Å²) in [6.07, 6.45) is 0.307. The number of aliphatic carboxylic acids is 1. The van der Waals surface area contributed by atoms with E-state index in [1.807, 2.05) is 6.92 Å². The molecule has 110 valence electrons. The molecule has 0 aliphatic rings. The Bertz CT molecular complexity index is 487. The zero-order valence-electron chi connectivity index (χ0n) is 12.0. The van der Waals surface area contributed by atoms with Crippen molar-refractivity contribution in [1.82, 2.24) is 5.32 Å². The van der Waals surface area contributed by atoms with E-state index in [-0.39, 0.29) is 0 Å². The van der Waals surface area contributed by atoms with Gasteiger partial charge in [-0.2, -0.15) is 0 Å². The summed E-state index contributed by atoms with van der Waals surface area (Å²) in [5, 5.41) is 11.4. The van der Waals surface area contributed by atoms with Crippen molar-refractivity contribution in [2.75, 3.05) is 14.2 Å². The molecule has 0 saturated carbocycles. The zero-order chi connectivity index (χ0) is 15.3. The Hall–Kier alpha value is -2.24. The third kappa shape index (κ3) is 3.40. The van der Waals surface area contributed by atoms with Crippen molar-refractivity contribution in [2.24, 2.45) is 0 Å². The molecule has 0 saturated heterocycles. The molecule has 0 fully saturated rings. The number of carbonyl (C=O) groups excluding carboxylic acids is 1. The molecule has 1 atom stereocenters. The lowest BCUT2D eigenvalue weighted by Gasteiger charge is -2.15. The molecule has 0 heterocycles. The lowest BCUT2D eigenvalue weighted by molar-refractivity contribution is -0.139. The van der Waals surface area contributed by atoms with E-state index in [4.69, 9.17) is 14.6 Å². The van der Waals surface area contributed by atoms with Crippen LogP contribution in [-0.4, -0.2) is 37.2 Å². The number of carbonyl (C=O) groups is 2. The molecule has 20 heavy (non-hydrogen) atoms.